The summed E-state index contributed by atoms with van der Waals surface area (Å²) in [6, 6.07) is 8.58. The van der Waals surface area contributed by atoms with E-state index < -0.39 is 11.5 Å². The maximum atomic E-state index is 12.2. The Labute approximate surface area is 153 Å². The molecule has 0 saturated carbocycles. The Bertz CT molecular complexity index is 978. The average Bonchev–Trinajstić information content (AvgIpc) is 3.11. The van der Waals surface area contributed by atoms with Crippen molar-refractivity contribution in [2.24, 2.45) is 0 Å². The van der Waals surface area contributed by atoms with Gasteiger partial charge in [-0.15, -0.1) is 0 Å². The standard InChI is InChI=1S/C17H13Cl2N3O3/c1-2-25-17(24)11-9-20-22(10-11)13-5-3-12(4-6-13)21-8-7-14(18)15(19)16(21)23/h3-10H,2H2,1H3. The molecule has 0 N–H and O–H groups in total. The van der Waals surface area contributed by atoms with Crippen LogP contribution in [0.1, 0.15) is 17.3 Å². The first-order valence-corrected chi connectivity index (χ1v) is 8.16. The number of halogens is 2. The zero-order valence-corrected chi connectivity index (χ0v) is 14.7. The summed E-state index contributed by atoms with van der Waals surface area (Å²) in [5.74, 6) is -0.423. The number of hydrogen-bond acceptors (Lipinski definition) is 4. The van der Waals surface area contributed by atoms with Gasteiger partial charge < -0.3 is 4.74 Å². The molecular formula is C17H13Cl2N3O3. The van der Waals surface area contributed by atoms with E-state index in [0.717, 1.165) is 5.69 Å². The van der Waals surface area contributed by atoms with E-state index in [4.69, 9.17) is 27.9 Å². The highest BCUT2D eigenvalue weighted by atomic mass is 35.5. The second-order valence-corrected chi connectivity index (χ2v) is 5.85. The van der Waals surface area contributed by atoms with Crippen LogP contribution >= 0.6 is 23.2 Å². The quantitative estimate of drug-likeness (QED) is 0.652. The molecule has 0 aliphatic heterocycles. The molecule has 2 heterocycles. The van der Waals surface area contributed by atoms with Crippen LogP contribution in [0.2, 0.25) is 10.0 Å². The van der Waals surface area contributed by atoms with Crippen LogP contribution in [-0.4, -0.2) is 26.9 Å². The highest BCUT2D eigenvalue weighted by molar-refractivity contribution is 6.41. The molecule has 2 aromatic heterocycles. The number of hydrogen-bond donors (Lipinski definition) is 0. The van der Waals surface area contributed by atoms with Gasteiger partial charge in [0.25, 0.3) is 5.56 Å². The highest BCUT2D eigenvalue weighted by Gasteiger charge is 2.11. The van der Waals surface area contributed by atoms with E-state index in [1.165, 1.54) is 10.8 Å². The Morgan fingerprint density at radius 1 is 1.16 bits per heavy atom. The van der Waals surface area contributed by atoms with Crippen molar-refractivity contribution < 1.29 is 9.53 Å². The van der Waals surface area contributed by atoms with Crippen LogP contribution < -0.4 is 5.56 Å². The molecule has 3 rings (SSSR count). The van der Waals surface area contributed by atoms with Crippen molar-refractivity contribution in [3.05, 3.63) is 74.9 Å². The van der Waals surface area contributed by atoms with Crippen molar-refractivity contribution in [2.45, 2.75) is 6.92 Å². The van der Waals surface area contributed by atoms with Crippen molar-refractivity contribution in [2.75, 3.05) is 6.61 Å². The molecule has 0 saturated heterocycles. The SMILES string of the molecule is CCOC(=O)c1cnn(-c2ccc(-n3ccc(Cl)c(Cl)c3=O)cc2)c1. The van der Waals surface area contributed by atoms with Gasteiger partial charge in [0, 0.05) is 18.1 Å². The maximum absolute atomic E-state index is 12.2. The van der Waals surface area contributed by atoms with Crippen molar-refractivity contribution >= 4 is 29.2 Å². The molecule has 0 bridgehead atoms. The normalized spacial score (nSPS) is 10.7. The molecule has 128 valence electrons. The van der Waals surface area contributed by atoms with Crippen LogP contribution in [0, 0.1) is 0 Å². The van der Waals surface area contributed by atoms with Gasteiger partial charge in [0.1, 0.15) is 5.02 Å². The first kappa shape index (κ1) is 17.3. The molecule has 0 atom stereocenters. The summed E-state index contributed by atoms with van der Waals surface area (Å²) < 4.78 is 7.88. The average molecular weight is 378 g/mol. The van der Waals surface area contributed by atoms with Gasteiger partial charge in [0.05, 0.1) is 29.1 Å². The fourth-order valence-corrected chi connectivity index (χ4v) is 2.53. The van der Waals surface area contributed by atoms with Crippen molar-refractivity contribution in [3.63, 3.8) is 0 Å². The van der Waals surface area contributed by atoms with Crippen LogP contribution in [0.25, 0.3) is 11.4 Å². The summed E-state index contributed by atoms with van der Waals surface area (Å²) in [5, 5.41) is 4.33. The number of ether oxygens (including phenoxy) is 1. The fraction of sp³-hybridized carbons (Fsp3) is 0.118. The number of aromatic nitrogens is 3. The first-order chi connectivity index (χ1) is 12.0. The van der Waals surface area contributed by atoms with E-state index >= 15 is 0 Å². The lowest BCUT2D eigenvalue weighted by Crippen LogP contribution is -2.18. The summed E-state index contributed by atoms with van der Waals surface area (Å²) in [4.78, 5) is 23.9. The molecule has 1 aromatic carbocycles. The number of pyridine rings is 1. The van der Waals surface area contributed by atoms with E-state index in [9.17, 15) is 9.59 Å². The molecule has 25 heavy (non-hydrogen) atoms. The van der Waals surface area contributed by atoms with Gasteiger partial charge in [-0.25, -0.2) is 9.48 Å². The van der Waals surface area contributed by atoms with Crippen molar-refractivity contribution in [1.29, 1.82) is 0 Å². The molecule has 0 aliphatic carbocycles. The lowest BCUT2D eigenvalue weighted by Gasteiger charge is -2.08. The van der Waals surface area contributed by atoms with Crippen molar-refractivity contribution in [3.8, 4) is 11.4 Å². The molecule has 6 nitrogen and oxygen atoms in total. The predicted molar refractivity (Wildman–Crippen MR) is 95.1 cm³/mol. The Balaban J connectivity index is 1.90. The second kappa shape index (κ2) is 7.13. The van der Waals surface area contributed by atoms with Gasteiger partial charge in [-0.05, 0) is 37.3 Å². The summed E-state index contributed by atoms with van der Waals surface area (Å²) >= 11 is 11.7. The Morgan fingerprint density at radius 2 is 1.84 bits per heavy atom. The number of esters is 1. The lowest BCUT2D eigenvalue weighted by atomic mass is 10.2. The van der Waals surface area contributed by atoms with Gasteiger partial charge in [-0.2, -0.15) is 5.10 Å². The first-order valence-electron chi connectivity index (χ1n) is 7.40. The number of nitrogens with zero attached hydrogens (tertiary/aromatic N) is 3. The van der Waals surface area contributed by atoms with Crippen molar-refractivity contribution in [1.82, 2.24) is 14.3 Å². The van der Waals surface area contributed by atoms with E-state index in [1.54, 1.807) is 54.3 Å². The molecular weight excluding hydrogens is 365 g/mol. The third-order valence-corrected chi connectivity index (χ3v) is 4.25. The molecule has 0 spiro atoms. The topological polar surface area (TPSA) is 66.1 Å². The third-order valence-electron chi connectivity index (χ3n) is 3.47. The Kier molecular flexibility index (Phi) is 4.92. The molecule has 0 aliphatic rings. The van der Waals surface area contributed by atoms with Crippen LogP contribution in [-0.2, 0) is 4.74 Å². The molecule has 0 radical (unpaired) electrons. The minimum Gasteiger partial charge on any atom is -0.462 e. The monoisotopic (exact) mass is 377 g/mol. The summed E-state index contributed by atoms with van der Waals surface area (Å²) in [6.07, 6.45) is 4.58. The van der Waals surface area contributed by atoms with E-state index in [1.807, 2.05) is 0 Å². The largest absolute Gasteiger partial charge is 0.462 e. The van der Waals surface area contributed by atoms with Crippen LogP contribution in [0.5, 0.6) is 0 Å². The van der Waals surface area contributed by atoms with Gasteiger partial charge in [0.2, 0.25) is 0 Å². The van der Waals surface area contributed by atoms with Gasteiger partial charge in [0.15, 0.2) is 0 Å². The van der Waals surface area contributed by atoms with E-state index in [-0.39, 0.29) is 10.0 Å². The number of carbonyl (C=O) groups is 1. The lowest BCUT2D eigenvalue weighted by molar-refractivity contribution is 0.0526. The molecule has 8 heteroatoms. The zero-order valence-electron chi connectivity index (χ0n) is 13.1. The highest BCUT2D eigenvalue weighted by Crippen LogP contribution is 2.18. The number of carbonyl (C=O) groups excluding carboxylic acids is 1. The van der Waals surface area contributed by atoms with Gasteiger partial charge in [-0.3, -0.25) is 9.36 Å². The number of benzene rings is 1. The second-order valence-electron chi connectivity index (χ2n) is 5.06. The van der Waals surface area contributed by atoms with Gasteiger partial charge in [-0.1, -0.05) is 23.2 Å². The minimum atomic E-state index is -0.423. The smallest absolute Gasteiger partial charge is 0.341 e. The molecule has 3 aromatic rings. The Hall–Kier alpha value is -2.57. The minimum absolute atomic E-state index is 0.0283. The van der Waals surface area contributed by atoms with Crippen LogP contribution in [0.15, 0.2) is 53.7 Å². The molecule has 0 amide bonds. The number of rotatable bonds is 4. The summed E-state index contributed by atoms with van der Waals surface area (Å²) in [7, 11) is 0. The van der Waals surface area contributed by atoms with Crippen LogP contribution in [0.4, 0.5) is 0 Å². The predicted octanol–water partition coefficient (Wildman–Crippen LogP) is 3.51. The van der Waals surface area contributed by atoms with E-state index in [2.05, 4.69) is 5.10 Å². The molecule has 0 unspecified atom stereocenters. The Morgan fingerprint density at radius 3 is 2.52 bits per heavy atom. The van der Waals surface area contributed by atoms with Gasteiger partial charge >= 0.3 is 5.97 Å². The maximum Gasteiger partial charge on any atom is 0.341 e. The third kappa shape index (κ3) is 3.45. The summed E-state index contributed by atoms with van der Waals surface area (Å²) in [5.41, 5.74) is 1.33. The zero-order chi connectivity index (χ0) is 18.0. The van der Waals surface area contributed by atoms with Crippen LogP contribution in [0.3, 0.4) is 0 Å². The van der Waals surface area contributed by atoms with E-state index in [0.29, 0.717) is 17.9 Å². The fourth-order valence-electron chi connectivity index (χ4n) is 2.24. The summed E-state index contributed by atoms with van der Waals surface area (Å²) in [6.45, 7) is 2.04. The molecule has 0 fully saturated rings.